The molecule has 0 aliphatic carbocycles. The molecule has 2 aromatic carbocycles. The van der Waals surface area contributed by atoms with Gasteiger partial charge in [0.05, 0.1) is 39.7 Å². The molecular formula is C19H21NO6. The van der Waals surface area contributed by atoms with Gasteiger partial charge in [-0.1, -0.05) is 0 Å². The highest BCUT2D eigenvalue weighted by Gasteiger charge is 2.19. The molecule has 1 amide bonds. The number of ketones is 1. The second-order valence-electron chi connectivity index (χ2n) is 5.33. The highest BCUT2D eigenvalue weighted by molar-refractivity contribution is 6.10. The molecule has 0 atom stereocenters. The summed E-state index contributed by atoms with van der Waals surface area (Å²) in [5.41, 5.74) is 0.912. The van der Waals surface area contributed by atoms with Gasteiger partial charge in [-0.3, -0.25) is 9.59 Å². The average Bonchev–Trinajstić information content (AvgIpc) is 2.66. The van der Waals surface area contributed by atoms with Gasteiger partial charge in [-0.15, -0.1) is 0 Å². The second kappa shape index (κ2) is 8.24. The van der Waals surface area contributed by atoms with Crippen molar-refractivity contribution in [2.75, 3.05) is 33.8 Å². The molecule has 0 heterocycles. The predicted molar refractivity (Wildman–Crippen MR) is 97.0 cm³/mol. The number of carbonyl (C=O) groups excluding carboxylic acids is 2. The number of nitrogens with one attached hydrogen (secondary N) is 1. The fourth-order valence-electron chi connectivity index (χ4n) is 2.50. The summed E-state index contributed by atoms with van der Waals surface area (Å²) in [5, 5.41) is 2.73. The van der Waals surface area contributed by atoms with Crippen LogP contribution in [0.15, 0.2) is 30.3 Å². The molecule has 0 radical (unpaired) electrons. The minimum absolute atomic E-state index is 0.243. The molecule has 7 nitrogen and oxygen atoms in total. The minimum Gasteiger partial charge on any atom is -0.497 e. The molecule has 0 unspecified atom stereocenters. The summed E-state index contributed by atoms with van der Waals surface area (Å²) in [7, 11) is 5.93. The SMILES string of the molecule is COc1cc(NC(=O)c2ccc(OC)c(OC)c2)c(C(C)=O)c(OC)c1. The van der Waals surface area contributed by atoms with Crippen molar-refractivity contribution in [2.45, 2.75) is 6.92 Å². The van der Waals surface area contributed by atoms with E-state index in [0.29, 0.717) is 34.2 Å². The van der Waals surface area contributed by atoms with Crippen LogP contribution in [-0.2, 0) is 0 Å². The number of amides is 1. The van der Waals surface area contributed by atoms with E-state index >= 15 is 0 Å². The number of rotatable bonds is 7. The zero-order chi connectivity index (χ0) is 19.3. The maximum Gasteiger partial charge on any atom is 0.255 e. The molecule has 0 saturated carbocycles. The Bertz CT molecular complexity index is 831. The molecule has 26 heavy (non-hydrogen) atoms. The first kappa shape index (κ1) is 19.1. The van der Waals surface area contributed by atoms with Gasteiger partial charge in [-0.05, 0) is 25.1 Å². The third kappa shape index (κ3) is 3.88. The van der Waals surface area contributed by atoms with E-state index in [1.165, 1.54) is 35.4 Å². The summed E-state index contributed by atoms with van der Waals surface area (Å²) in [6.45, 7) is 1.40. The third-order valence-electron chi connectivity index (χ3n) is 3.78. The number of hydrogen-bond acceptors (Lipinski definition) is 6. The lowest BCUT2D eigenvalue weighted by atomic mass is 10.1. The van der Waals surface area contributed by atoms with Gasteiger partial charge in [-0.2, -0.15) is 0 Å². The maximum atomic E-state index is 12.7. The quantitative estimate of drug-likeness (QED) is 0.765. The first-order valence-electron chi connectivity index (χ1n) is 7.75. The number of methoxy groups -OCH3 is 4. The van der Waals surface area contributed by atoms with Gasteiger partial charge in [0, 0.05) is 17.7 Å². The Morgan fingerprint density at radius 1 is 0.808 bits per heavy atom. The number of ether oxygens (including phenoxy) is 4. The largest absolute Gasteiger partial charge is 0.497 e. The normalized spacial score (nSPS) is 10.0. The molecule has 0 saturated heterocycles. The van der Waals surface area contributed by atoms with Crippen molar-refractivity contribution in [3.05, 3.63) is 41.5 Å². The highest BCUT2D eigenvalue weighted by atomic mass is 16.5. The molecule has 138 valence electrons. The number of carbonyl (C=O) groups is 2. The van der Waals surface area contributed by atoms with E-state index in [2.05, 4.69) is 5.32 Å². The summed E-state index contributed by atoms with van der Waals surface area (Å²) in [4.78, 5) is 24.7. The number of Topliss-reactive ketones (excluding diaryl/α,β-unsaturated/α-hetero) is 1. The first-order valence-corrected chi connectivity index (χ1v) is 7.75. The standard InChI is InChI=1S/C19H21NO6/c1-11(21)18-14(9-13(23-2)10-17(18)26-5)20-19(22)12-6-7-15(24-3)16(8-12)25-4/h6-10H,1-5H3,(H,20,22). The van der Waals surface area contributed by atoms with Crippen molar-refractivity contribution >= 4 is 17.4 Å². The Kier molecular flexibility index (Phi) is 6.06. The zero-order valence-corrected chi connectivity index (χ0v) is 15.3. The molecule has 0 aromatic heterocycles. The molecule has 0 spiro atoms. The number of hydrogen-bond donors (Lipinski definition) is 1. The van der Waals surface area contributed by atoms with E-state index in [1.807, 2.05) is 0 Å². The lowest BCUT2D eigenvalue weighted by Gasteiger charge is -2.15. The van der Waals surface area contributed by atoms with Crippen molar-refractivity contribution in [3.8, 4) is 23.0 Å². The highest BCUT2D eigenvalue weighted by Crippen LogP contribution is 2.34. The minimum atomic E-state index is -0.413. The van der Waals surface area contributed by atoms with E-state index in [1.54, 1.807) is 30.3 Å². The van der Waals surface area contributed by atoms with E-state index < -0.39 is 5.91 Å². The van der Waals surface area contributed by atoms with Gasteiger partial charge >= 0.3 is 0 Å². The fourth-order valence-corrected chi connectivity index (χ4v) is 2.50. The summed E-state index contributed by atoms with van der Waals surface area (Å²) in [6.07, 6.45) is 0. The van der Waals surface area contributed by atoms with Gasteiger partial charge in [-0.25, -0.2) is 0 Å². The Hall–Kier alpha value is -3.22. The van der Waals surface area contributed by atoms with Gasteiger partial charge in [0.1, 0.15) is 11.5 Å². The van der Waals surface area contributed by atoms with Crippen LogP contribution in [-0.4, -0.2) is 40.1 Å². The van der Waals surface area contributed by atoms with Crippen LogP contribution in [0.4, 0.5) is 5.69 Å². The van der Waals surface area contributed by atoms with Crippen LogP contribution in [0.2, 0.25) is 0 Å². The summed E-state index contributed by atoms with van der Waals surface area (Å²) in [6, 6.07) is 7.94. The molecule has 7 heteroatoms. The Labute approximate surface area is 151 Å². The Morgan fingerprint density at radius 2 is 1.46 bits per heavy atom. The molecule has 2 rings (SSSR count). The van der Waals surface area contributed by atoms with E-state index in [-0.39, 0.29) is 11.3 Å². The van der Waals surface area contributed by atoms with Crippen molar-refractivity contribution in [1.29, 1.82) is 0 Å². The van der Waals surface area contributed by atoms with Crippen LogP contribution in [0.3, 0.4) is 0 Å². The van der Waals surface area contributed by atoms with Gasteiger partial charge < -0.3 is 24.3 Å². The molecule has 1 N–H and O–H groups in total. The predicted octanol–water partition coefficient (Wildman–Crippen LogP) is 3.18. The molecule has 0 bridgehead atoms. The summed E-state index contributed by atoms with van der Waals surface area (Å²) in [5.74, 6) is 1.05. The van der Waals surface area contributed by atoms with Crippen molar-refractivity contribution in [2.24, 2.45) is 0 Å². The molecule has 0 aliphatic heterocycles. The van der Waals surface area contributed by atoms with Crippen LogP contribution < -0.4 is 24.3 Å². The van der Waals surface area contributed by atoms with Crippen molar-refractivity contribution < 1.29 is 28.5 Å². The monoisotopic (exact) mass is 359 g/mol. The lowest BCUT2D eigenvalue weighted by molar-refractivity contribution is 0.101. The first-order chi connectivity index (χ1) is 12.4. The van der Waals surface area contributed by atoms with E-state index in [4.69, 9.17) is 18.9 Å². The van der Waals surface area contributed by atoms with Crippen LogP contribution >= 0.6 is 0 Å². The van der Waals surface area contributed by atoms with Crippen LogP contribution in [0.25, 0.3) is 0 Å². The van der Waals surface area contributed by atoms with E-state index in [9.17, 15) is 9.59 Å². The van der Waals surface area contributed by atoms with E-state index in [0.717, 1.165) is 0 Å². The Morgan fingerprint density at radius 3 is 2.00 bits per heavy atom. The molecule has 2 aromatic rings. The fraction of sp³-hybridized carbons (Fsp3) is 0.263. The third-order valence-corrected chi connectivity index (χ3v) is 3.78. The molecule has 0 aliphatic rings. The zero-order valence-electron chi connectivity index (χ0n) is 15.3. The van der Waals surface area contributed by atoms with Gasteiger partial charge in [0.2, 0.25) is 0 Å². The van der Waals surface area contributed by atoms with Crippen LogP contribution in [0, 0.1) is 0 Å². The number of benzene rings is 2. The Balaban J connectivity index is 2.44. The number of anilines is 1. The lowest BCUT2D eigenvalue weighted by Crippen LogP contribution is -2.15. The van der Waals surface area contributed by atoms with Crippen LogP contribution in [0.5, 0.6) is 23.0 Å². The second-order valence-corrected chi connectivity index (χ2v) is 5.33. The average molecular weight is 359 g/mol. The maximum absolute atomic E-state index is 12.7. The topological polar surface area (TPSA) is 83.1 Å². The van der Waals surface area contributed by atoms with Crippen LogP contribution in [0.1, 0.15) is 27.6 Å². The van der Waals surface area contributed by atoms with Crippen molar-refractivity contribution in [3.63, 3.8) is 0 Å². The van der Waals surface area contributed by atoms with Gasteiger partial charge in [0.25, 0.3) is 5.91 Å². The molecular weight excluding hydrogens is 338 g/mol. The molecule has 0 fully saturated rings. The smallest absolute Gasteiger partial charge is 0.255 e. The summed E-state index contributed by atoms with van der Waals surface area (Å²) < 4.78 is 20.8. The summed E-state index contributed by atoms with van der Waals surface area (Å²) >= 11 is 0. The van der Waals surface area contributed by atoms with Gasteiger partial charge in [0.15, 0.2) is 17.3 Å². The van der Waals surface area contributed by atoms with Crippen molar-refractivity contribution in [1.82, 2.24) is 0 Å².